The minimum absolute atomic E-state index is 0.0575. The molecule has 0 unspecified atom stereocenters. The molecule has 30 heavy (non-hydrogen) atoms. The van der Waals surface area contributed by atoms with Crippen molar-refractivity contribution in [1.29, 1.82) is 5.26 Å². The molecule has 0 radical (unpaired) electrons. The monoisotopic (exact) mass is 435 g/mol. The topological polar surface area (TPSA) is 111 Å². The predicted molar refractivity (Wildman–Crippen MR) is 103 cm³/mol. The van der Waals surface area contributed by atoms with Crippen molar-refractivity contribution in [3.05, 3.63) is 53.9 Å². The second-order valence-corrected chi connectivity index (χ2v) is 8.77. The number of nitrogens with one attached hydrogen (secondary N) is 3. The average molecular weight is 435 g/mol. The molecule has 0 amide bonds. The Balaban J connectivity index is 1.41. The molecule has 2 heterocycles. The number of pyridine rings is 1. The molecule has 11 heteroatoms. The number of rotatable bonds is 5. The lowest BCUT2D eigenvalue weighted by molar-refractivity contribution is -0.137. The number of benzene rings is 1. The zero-order valence-corrected chi connectivity index (χ0v) is 16.2. The molecule has 3 N–H and O–H groups in total. The first-order chi connectivity index (χ1) is 14.2. The van der Waals surface area contributed by atoms with E-state index >= 15 is 0 Å². The third-order valence-electron chi connectivity index (χ3n) is 5.01. The largest absolute Gasteiger partial charge is 0.416 e. The molecular formula is C19H16F3N5O2S. The van der Waals surface area contributed by atoms with Gasteiger partial charge in [-0.3, -0.25) is 0 Å². The fraction of sp³-hybridized carbons (Fsp3) is 0.263. The van der Waals surface area contributed by atoms with E-state index in [0.717, 1.165) is 29.7 Å². The number of H-pyrrole nitrogens is 1. The molecule has 1 aliphatic carbocycles. The summed E-state index contributed by atoms with van der Waals surface area (Å²) >= 11 is 0. The summed E-state index contributed by atoms with van der Waals surface area (Å²) in [6.45, 7) is 0. The molecule has 1 aromatic carbocycles. The van der Waals surface area contributed by atoms with Gasteiger partial charge in [0.1, 0.15) is 11.7 Å². The summed E-state index contributed by atoms with van der Waals surface area (Å²) in [4.78, 5) is 6.91. The maximum absolute atomic E-state index is 12.6. The molecule has 0 atom stereocenters. The summed E-state index contributed by atoms with van der Waals surface area (Å²) < 4.78 is 65.3. The molecule has 1 saturated carbocycles. The molecule has 2 aromatic heterocycles. The Bertz CT molecular complexity index is 1220. The van der Waals surface area contributed by atoms with Gasteiger partial charge in [-0.15, -0.1) is 0 Å². The third-order valence-corrected chi connectivity index (χ3v) is 6.54. The zero-order chi connectivity index (χ0) is 21.5. The molecule has 7 nitrogen and oxygen atoms in total. The van der Waals surface area contributed by atoms with Crippen LogP contribution < -0.4 is 10.0 Å². The number of aromatic amines is 1. The Kier molecular flexibility index (Phi) is 4.91. The van der Waals surface area contributed by atoms with E-state index in [1.165, 1.54) is 6.20 Å². The zero-order valence-electron chi connectivity index (χ0n) is 15.4. The maximum Gasteiger partial charge on any atom is 0.416 e. The second-order valence-electron chi connectivity index (χ2n) is 7.05. The Labute approximate surface area is 170 Å². The number of fused-ring (bicyclic) bond motifs is 1. The van der Waals surface area contributed by atoms with Crippen molar-refractivity contribution in [1.82, 2.24) is 14.7 Å². The van der Waals surface area contributed by atoms with E-state index in [9.17, 15) is 26.9 Å². The molecule has 1 aliphatic rings. The van der Waals surface area contributed by atoms with Crippen molar-refractivity contribution in [3.8, 4) is 6.07 Å². The first-order valence-electron chi connectivity index (χ1n) is 9.00. The van der Waals surface area contributed by atoms with E-state index in [2.05, 4.69) is 26.1 Å². The number of hydrogen-bond donors (Lipinski definition) is 3. The van der Waals surface area contributed by atoms with E-state index < -0.39 is 21.8 Å². The van der Waals surface area contributed by atoms with Gasteiger partial charge in [0.05, 0.1) is 21.7 Å². The van der Waals surface area contributed by atoms with Crippen LogP contribution in [0.3, 0.4) is 0 Å². The summed E-state index contributed by atoms with van der Waals surface area (Å²) in [6, 6.07) is 6.85. The SMILES string of the molecule is N#Cc1cnc2[nH]ccc2c1NC1CC(NS(=O)(=O)c2ccc(C(F)(F)F)cc2)C1. The van der Waals surface area contributed by atoms with Gasteiger partial charge in [-0.1, -0.05) is 0 Å². The highest BCUT2D eigenvalue weighted by atomic mass is 32.2. The van der Waals surface area contributed by atoms with E-state index in [4.69, 9.17) is 0 Å². The minimum Gasteiger partial charge on any atom is -0.380 e. The van der Waals surface area contributed by atoms with Crippen LogP contribution in [0.4, 0.5) is 18.9 Å². The van der Waals surface area contributed by atoms with Crippen LogP contribution >= 0.6 is 0 Å². The lowest BCUT2D eigenvalue weighted by Gasteiger charge is -2.37. The van der Waals surface area contributed by atoms with Crippen LogP contribution in [0.15, 0.2) is 47.6 Å². The van der Waals surface area contributed by atoms with Gasteiger partial charge in [-0.05, 0) is 43.2 Å². The Morgan fingerprint density at radius 1 is 1.13 bits per heavy atom. The number of aromatic nitrogens is 2. The van der Waals surface area contributed by atoms with E-state index in [0.29, 0.717) is 29.7 Å². The standard InChI is InChI=1S/C19H16F3N5O2S/c20-19(21,22)12-1-3-15(4-2-12)30(28,29)27-14-7-13(8-14)26-17-11(9-23)10-25-18-16(17)5-6-24-18/h1-6,10,13-14,27H,7-8H2,(H2,24,25,26). The quantitative estimate of drug-likeness (QED) is 0.569. The van der Waals surface area contributed by atoms with Crippen molar-refractivity contribution in [2.45, 2.75) is 36.0 Å². The highest BCUT2D eigenvalue weighted by Crippen LogP contribution is 2.32. The van der Waals surface area contributed by atoms with Gasteiger partial charge in [0.25, 0.3) is 0 Å². The number of sulfonamides is 1. The number of hydrogen-bond acceptors (Lipinski definition) is 5. The summed E-state index contributed by atoms with van der Waals surface area (Å²) in [5.74, 6) is 0. The normalized spacial score (nSPS) is 19.3. The summed E-state index contributed by atoms with van der Waals surface area (Å²) in [6.07, 6.45) is -0.406. The summed E-state index contributed by atoms with van der Waals surface area (Å²) in [5.41, 5.74) is 0.750. The van der Waals surface area contributed by atoms with Crippen LogP contribution in [0, 0.1) is 11.3 Å². The molecule has 156 valence electrons. The fourth-order valence-corrected chi connectivity index (χ4v) is 4.66. The van der Waals surface area contributed by atoms with Crippen LogP contribution in [0.5, 0.6) is 0 Å². The van der Waals surface area contributed by atoms with Crippen LogP contribution in [-0.4, -0.2) is 30.5 Å². The number of alkyl halides is 3. The van der Waals surface area contributed by atoms with Crippen molar-refractivity contribution >= 4 is 26.7 Å². The number of halogens is 3. The van der Waals surface area contributed by atoms with Gasteiger partial charge in [0.2, 0.25) is 10.0 Å². The van der Waals surface area contributed by atoms with Crippen molar-refractivity contribution in [2.75, 3.05) is 5.32 Å². The van der Waals surface area contributed by atoms with Gasteiger partial charge in [0.15, 0.2) is 0 Å². The Morgan fingerprint density at radius 2 is 1.83 bits per heavy atom. The van der Waals surface area contributed by atoms with Crippen LogP contribution in [0.2, 0.25) is 0 Å². The van der Waals surface area contributed by atoms with Crippen molar-refractivity contribution in [3.63, 3.8) is 0 Å². The Morgan fingerprint density at radius 3 is 2.47 bits per heavy atom. The van der Waals surface area contributed by atoms with Crippen molar-refractivity contribution in [2.24, 2.45) is 0 Å². The molecule has 0 aliphatic heterocycles. The number of nitrogens with zero attached hydrogens (tertiary/aromatic N) is 2. The predicted octanol–water partition coefficient (Wildman–Crippen LogP) is 3.37. The fourth-order valence-electron chi connectivity index (χ4n) is 3.39. The molecule has 0 spiro atoms. The summed E-state index contributed by atoms with van der Waals surface area (Å²) in [5, 5.41) is 13.3. The maximum atomic E-state index is 12.6. The van der Waals surface area contributed by atoms with Crippen molar-refractivity contribution < 1.29 is 21.6 Å². The van der Waals surface area contributed by atoms with Gasteiger partial charge >= 0.3 is 6.18 Å². The van der Waals surface area contributed by atoms with Gasteiger partial charge < -0.3 is 10.3 Å². The summed E-state index contributed by atoms with van der Waals surface area (Å²) in [7, 11) is -3.93. The Hall–Kier alpha value is -3.10. The molecule has 1 fully saturated rings. The number of nitriles is 1. The van der Waals surface area contributed by atoms with Gasteiger partial charge in [0, 0.05) is 29.9 Å². The number of anilines is 1. The molecular weight excluding hydrogens is 419 g/mol. The van der Waals surface area contributed by atoms with Crippen LogP contribution in [-0.2, 0) is 16.2 Å². The molecule has 0 bridgehead atoms. The lowest BCUT2D eigenvalue weighted by Crippen LogP contribution is -2.49. The third kappa shape index (κ3) is 3.83. The van der Waals surface area contributed by atoms with E-state index in [1.54, 1.807) is 12.3 Å². The molecule has 4 rings (SSSR count). The highest BCUT2D eigenvalue weighted by Gasteiger charge is 2.34. The van der Waals surface area contributed by atoms with Crippen LogP contribution in [0.25, 0.3) is 11.0 Å². The first kappa shape index (κ1) is 20.2. The molecule has 0 saturated heterocycles. The average Bonchev–Trinajstić information content (AvgIpc) is 3.14. The first-order valence-corrected chi connectivity index (χ1v) is 10.5. The smallest absolute Gasteiger partial charge is 0.380 e. The molecule has 3 aromatic rings. The van der Waals surface area contributed by atoms with Crippen LogP contribution in [0.1, 0.15) is 24.0 Å². The van der Waals surface area contributed by atoms with E-state index in [1.807, 2.05) is 0 Å². The highest BCUT2D eigenvalue weighted by molar-refractivity contribution is 7.89. The van der Waals surface area contributed by atoms with E-state index in [-0.39, 0.29) is 17.0 Å². The lowest BCUT2D eigenvalue weighted by atomic mass is 9.87. The van der Waals surface area contributed by atoms with Gasteiger partial charge in [-0.25, -0.2) is 18.1 Å². The van der Waals surface area contributed by atoms with Gasteiger partial charge in [-0.2, -0.15) is 18.4 Å². The second kappa shape index (κ2) is 7.30. The minimum atomic E-state index is -4.53.